The zero-order chi connectivity index (χ0) is 19.1. The number of alkyl halides is 6. The van der Waals surface area contributed by atoms with E-state index < -0.39 is 50.4 Å². The fourth-order valence-corrected chi connectivity index (χ4v) is 3.00. The third kappa shape index (κ3) is 4.17. The van der Waals surface area contributed by atoms with Gasteiger partial charge in [0.2, 0.25) is 10.0 Å². The molecule has 12 heteroatoms. The molecule has 0 aliphatic heterocycles. The average Bonchev–Trinajstić information content (AvgIpc) is 2.43. The van der Waals surface area contributed by atoms with Crippen LogP contribution in [0.3, 0.4) is 0 Å². The number of hydrogen-bond acceptors (Lipinski definition) is 3. The number of carbonyl (C=O) groups is 1. The number of carboxylic acid groups (broad SMARTS) is 1. The lowest BCUT2D eigenvalue weighted by atomic mass is 10.1. The number of benzene rings is 1. The second kappa shape index (κ2) is 6.24. The summed E-state index contributed by atoms with van der Waals surface area (Å²) >= 11 is 0. The maximum atomic E-state index is 12.7. The Hall–Kier alpha value is -1.82. The van der Waals surface area contributed by atoms with Gasteiger partial charge in [0.25, 0.3) is 0 Å². The van der Waals surface area contributed by atoms with Crippen LogP contribution < -0.4 is 0 Å². The predicted octanol–water partition coefficient (Wildman–Crippen LogP) is 2.82. The Morgan fingerprint density at radius 1 is 1.04 bits per heavy atom. The van der Waals surface area contributed by atoms with E-state index in [4.69, 9.17) is 5.11 Å². The summed E-state index contributed by atoms with van der Waals surface area (Å²) in [5.74, 6) is -1.62. The van der Waals surface area contributed by atoms with Crippen LogP contribution in [0.5, 0.6) is 0 Å². The molecule has 0 heterocycles. The fourth-order valence-electron chi connectivity index (χ4n) is 1.61. The maximum absolute atomic E-state index is 12.7. The van der Waals surface area contributed by atoms with Crippen LogP contribution in [-0.2, 0) is 27.2 Å². The molecule has 1 aromatic rings. The van der Waals surface area contributed by atoms with Gasteiger partial charge in [-0.15, -0.1) is 0 Å². The third-order valence-electron chi connectivity index (χ3n) is 3.14. The molecule has 0 spiro atoms. The van der Waals surface area contributed by atoms with Gasteiger partial charge in [-0.05, 0) is 25.1 Å². The van der Waals surface area contributed by atoms with Crippen molar-refractivity contribution in [1.29, 1.82) is 0 Å². The summed E-state index contributed by atoms with van der Waals surface area (Å²) in [6.07, 6.45) is -10.4. The first kappa shape index (κ1) is 20.2. The van der Waals surface area contributed by atoms with Crippen molar-refractivity contribution < 1.29 is 44.7 Å². The molecule has 0 radical (unpaired) electrons. The molecular weight excluding hydrogens is 368 g/mol. The van der Waals surface area contributed by atoms with E-state index in [1.807, 2.05) is 0 Å². The van der Waals surface area contributed by atoms with Crippen molar-refractivity contribution in [1.82, 2.24) is 4.31 Å². The summed E-state index contributed by atoms with van der Waals surface area (Å²) in [5.41, 5.74) is -3.63. The molecule has 0 aromatic heterocycles. The zero-order valence-corrected chi connectivity index (χ0v) is 12.9. The minimum Gasteiger partial charge on any atom is -0.480 e. The van der Waals surface area contributed by atoms with Crippen LogP contribution in [0.2, 0.25) is 0 Å². The summed E-state index contributed by atoms with van der Waals surface area (Å²) in [6.45, 7) is 0.915. The molecule has 0 aliphatic rings. The van der Waals surface area contributed by atoms with E-state index in [1.54, 1.807) is 0 Å². The molecule has 136 valence electrons. The van der Waals surface area contributed by atoms with Crippen molar-refractivity contribution >= 4 is 16.0 Å². The number of carboxylic acids is 1. The lowest BCUT2D eigenvalue weighted by Gasteiger charge is -2.22. The smallest absolute Gasteiger partial charge is 0.416 e. The van der Waals surface area contributed by atoms with E-state index in [0.717, 1.165) is 14.0 Å². The van der Waals surface area contributed by atoms with Gasteiger partial charge in [0, 0.05) is 7.05 Å². The van der Waals surface area contributed by atoms with Crippen molar-refractivity contribution in [2.24, 2.45) is 0 Å². The highest BCUT2D eigenvalue weighted by atomic mass is 32.2. The molecule has 5 nitrogen and oxygen atoms in total. The number of nitrogens with zero attached hydrogens (tertiary/aromatic N) is 1. The highest BCUT2D eigenvalue weighted by Crippen LogP contribution is 2.37. The van der Waals surface area contributed by atoms with Crippen LogP contribution in [-0.4, -0.2) is 36.9 Å². The van der Waals surface area contributed by atoms with Gasteiger partial charge < -0.3 is 5.11 Å². The van der Waals surface area contributed by atoms with Gasteiger partial charge >= 0.3 is 18.3 Å². The van der Waals surface area contributed by atoms with E-state index in [0.29, 0.717) is 0 Å². The highest BCUT2D eigenvalue weighted by Gasteiger charge is 2.39. The van der Waals surface area contributed by atoms with Crippen LogP contribution in [0.15, 0.2) is 23.1 Å². The second-order valence-electron chi connectivity index (χ2n) is 4.78. The van der Waals surface area contributed by atoms with E-state index in [1.165, 1.54) is 0 Å². The minimum atomic E-state index is -5.22. The summed E-state index contributed by atoms with van der Waals surface area (Å²) < 4.78 is 101. The van der Waals surface area contributed by atoms with Gasteiger partial charge in [-0.25, -0.2) is 8.42 Å². The number of aliphatic carboxylic acids is 1. The van der Waals surface area contributed by atoms with Crippen molar-refractivity contribution in [3.63, 3.8) is 0 Å². The molecule has 0 fully saturated rings. The third-order valence-corrected chi connectivity index (χ3v) is 5.05. The van der Waals surface area contributed by atoms with Gasteiger partial charge in [0.1, 0.15) is 6.04 Å². The van der Waals surface area contributed by atoms with Crippen LogP contribution >= 0.6 is 0 Å². The quantitative estimate of drug-likeness (QED) is 0.817. The topological polar surface area (TPSA) is 74.7 Å². The first-order chi connectivity index (χ1) is 10.6. The molecule has 0 bridgehead atoms. The van der Waals surface area contributed by atoms with Gasteiger partial charge in [0.15, 0.2) is 0 Å². The Kier molecular flexibility index (Phi) is 5.26. The molecule has 24 heavy (non-hydrogen) atoms. The Labute approximate surface area is 132 Å². The Balaban J connectivity index is 3.61. The number of rotatable bonds is 4. The molecule has 0 amide bonds. The van der Waals surface area contributed by atoms with Crippen molar-refractivity contribution in [2.75, 3.05) is 7.05 Å². The van der Waals surface area contributed by atoms with Crippen molar-refractivity contribution in [3.8, 4) is 0 Å². The molecule has 1 unspecified atom stereocenters. The summed E-state index contributed by atoms with van der Waals surface area (Å²) in [4.78, 5) is 9.50. The first-order valence-corrected chi connectivity index (χ1v) is 7.53. The van der Waals surface area contributed by atoms with Crippen LogP contribution in [0.4, 0.5) is 26.3 Å². The standard InChI is InChI=1S/C12H11F6NO4S/c1-6(10(20)21)19(2)24(22,23)9-4-7(11(13,14)15)3-8(5-9)12(16,17)18/h3-6H,1-2H3,(H,20,21). The maximum Gasteiger partial charge on any atom is 0.416 e. The SMILES string of the molecule is CC(C(=O)O)N(C)S(=O)(=O)c1cc(C(F)(F)F)cc(C(F)(F)F)c1. The highest BCUT2D eigenvalue weighted by molar-refractivity contribution is 7.89. The zero-order valence-electron chi connectivity index (χ0n) is 12.1. The van der Waals surface area contributed by atoms with Crippen LogP contribution in [0.1, 0.15) is 18.1 Å². The lowest BCUT2D eigenvalue weighted by molar-refractivity contribution is -0.144. The second-order valence-corrected chi connectivity index (χ2v) is 6.77. The summed E-state index contributed by atoms with van der Waals surface area (Å²) in [7, 11) is -4.16. The molecule has 0 saturated carbocycles. The first-order valence-electron chi connectivity index (χ1n) is 6.09. The number of hydrogen-bond donors (Lipinski definition) is 1. The lowest BCUT2D eigenvalue weighted by Crippen LogP contribution is -2.40. The number of sulfonamides is 1. The van der Waals surface area contributed by atoms with E-state index >= 15 is 0 Å². The van der Waals surface area contributed by atoms with Crippen LogP contribution in [0.25, 0.3) is 0 Å². The monoisotopic (exact) mass is 379 g/mol. The summed E-state index contributed by atoms with van der Waals surface area (Å²) in [5, 5.41) is 8.76. The van der Waals surface area contributed by atoms with Gasteiger partial charge in [-0.1, -0.05) is 0 Å². The molecule has 0 saturated heterocycles. The normalized spacial score (nSPS) is 14.7. The number of likely N-dealkylation sites (N-methyl/N-ethyl adjacent to an activating group) is 1. The molecule has 1 aromatic carbocycles. The molecule has 1 rings (SSSR count). The Bertz CT molecular complexity index is 709. The summed E-state index contributed by atoms with van der Waals surface area (Å²) in [6, 6.07) is -1.87. The van der Waals surface area contributed by atoms with E-state index in [-0.39, 0.29) is 22.5 Å². The largest absolute Gasteiger partial charge is 0.480 e. The Morgan fingerprint density at radius 3 is 1.71 bits per heavy atom. The average molecular weight is 379 g/mol. The number of halogens is 6. The molecular formula is C12H11F6NO4S. The van der Waals surface area contributed by atoms with Crippen LogP contribution in [0, 0.1) is 0 Å². The molecule has 0 aliphatic carbocycles. The Morgan fingerprint density at radius 2 is 1.42 bits per heavy atom. The van der Waals surface area contributed by atoms with Crippen molar-refractivity contribution in [2.45, 2.75) is 30.2 Å². The minimum absolute atomic E-state index is 0.0235. The predicted molar refractivity (Wildman–Crippen MR) is 68.5 cm³/mol. The van der Waals surface area contributed by atoms with Gasteiger partial charge in [-0.2, -0.15) is 30.6 Å². The van der Waals surface area contributed by atoms with E-state index in [9.17, 15) is 39.6 Å². The molecule has 1 atom stereocenters. The van der Waals surface area contributed by atoms with Gasteiger partial charge in [0.05, 0.1) is 16.0 Å². The van der Waals surface area contributed by atoms with E-state index in [2.05, 4.69) is 0 Å². The molecule has 1 N–H and O–H groups in total. The van der Waals surface area contributed by atoms with Crippen molar-refractivity contribution in [3.05, 3.63) is 29.3 Å². The van der Waals surface area contributed by atoms with Gasteiger partial charge in [-0.3, -0.25) is 4.79 Å². The fraction of sp³-hybridized carbons (Fsp3) is 0.417.